The maximum atomic E-state index is 4.45. The van der Waals surface area contributed by atoms with E-state index in [4.69, 9.17) is 0 Å². The van der Waals surface area contributed by atoms with Crippen molar-refractivity contribution in [2.24, 2.45) is 5.92 Å². The summed E-state index contributed by atoms with van der Waals surface area (Å²) in [7, 11) is 2.17. The molecule has 0 spiro atoms. The molecule has 1 atom stereocenters. The normalized spacial score (nSPS) is 12.7. The first-order valence-electron chi connectivity index (χ1n) is 7.42. The molecule has 0 radical (unpaired) electrons. The third-order valence-corrected chi connectivity index (χ3v) is 4.11. The Balaban J connectivity index is 2.57. The molecule has 1 heterocycles. The molecule has 0 aliphatic heterocycles. The molecule has 0 amide bonds. The fourth-order valence-corrected chi connectivity index (χ4v) is 2.58. The summed E-state index contributed by atoms with van der Waals surface area (Å²) in [5.41, 5.74) is 2.38. The van der Waals surface area contributed by atoms with E-state index in [2.05, 4.69) is 61.4 Å². The van der Waals surface area contributed by atoms with Crippen LogP contribution in [0.3, 0.4) is 0 Å². The van der Waals surface area contributed by atoms with Gasteiger partial charge in [-0.2, -0.15) is 11.8 Å². The minimum atomic E-state index is 0.557. The smallest absolute Gasteiger partial charge is 0.0562 e. The SMILES string of the molecule is CSCCC(C)N(C)c1ccnc(CNCC(C)C)c1. The van der Waals surface area contributed by atoms with Crippen LogP contribution in [0.2, 0.25) is 0 Å². The Morgan fingerprint density at radius 2 is 2.10 bits per heavy atom. The van der Waals surface area contributed by atoms with Crippen LogP contribution in [0.4, 0.5) is 5.69 Å². The summed E-state index contributed by atoms with van der Waals surface area (Å²) in [6.07, 6.45) is 5.29. The highest BCUT2D eigenvalue weighted by atomic mass is 32.2. The number of aromatic nitrogens is 1. The molecule has 0 aliphatic rings. The second kappa shape index (κ2) is 9.24. The van der Waals surface area contributed by atoms with Crippen LogP contribution in [0.15, 0.2) is 18.3 Å². The van der Waals surface area contributed by atoms with Gasteiger partial charge < -0.3 is 10.2 Å². The summed E-state index contributed by atoms with van der Waals surface area (Å²) in [5, 5.41) is 3.45. The minimum absolute atomic E-state index is 0.557. The molecule has 1 unspecified atom stereocenters. The van der Waals surface area contributed by atoms with E-state index in [1.165, 1.54) is 17.9 Å². The Hall–Kier alpha value is -0.740. The summed E-state index contributed by atoms with van der Waals surface area (Å²) in [6.45, 7) is 8.61. The van der Waals surface area contributed by atoms with Crippen molar-refractivity contribution in [2.75, 3.05) is 30.5 Å². The molecule has 1 rings (SSSR count). The lowest BCUT2D eigenvalue weighted by Gasteiger charge is -2.27. The average molecular weight is 295 g/mol. The van der Waals surface area contributed by atoms with Crippen LogP contribution in [0.5, 0.6) is 0 Å². The lowest BCUT2D eigenvalue weighted by Crippen LogP contribution is -2.29. The van der Waals surface area contributed by atoms with E-state index in [0.717, 1.165) is 18.8 Å². The predicted molar refractivity (Wildman–Crippen MR) is 91.6 cm³/mol. The topological polar surface area (TPSA) is 28.2 Å². The number of hydrogen-bond acceptors (Lipinski definition) is 4. The summed E-state index contributed by atoms with van der Waals surface area (Å²) in [4.78, 5) is 6.80. The van der Waals surface area contributed by atoms with Crippen LogP contribution in [0, 0.1) is 5.92 Å². The van der Waals surface area contributed by atoms with Crippen LogP contribution in [0.25, 0.3) is 0 Å². The molecule has 0 saturated heterocycles. The minimum Gasteiger partial charge on any atom is -0.372 e. The van der Waals surface area contributed by atoms with Gasteiger partial charge in [-0.25, -0.2) is 0 Å². The quantitative estimate of drug-likeness (QED) is 0.756. The molecule has 0 aliphatic carbocycles. The number of nitrogens with one attached hydrogen (secondary N) is 1. The van der Waals surface area contributed by atoms with Crippen LogP contribution in [-0.2, 0) is 6.54 Å². The molecule has 20 heavy (non-hydrogen) atoms. The molecule has 0 aromatic carbocycles. The van der Waals surface area contributed by atoms with Gasteiger partial charge in [-0.05, 0) is 49.9 Å². The Kier molecular flexibility index (Phi) is 8.00. The van der Waals surface area contributed by atoms with Gasteiger partial charge in [-0.1, -0.05) is 13.8 Å². The second-order valence-electron chi connectivity index (χ2n) is 5.77. The molecule has 114 valence electrons. The van der Waals surface area contributed by atoms with Gasteiger partial charge in [0.1, 0.15) is 0 Å². The summed E-state index contributed by atoms with van der Waals surface area (Å²) in [6, 6.07) is 4.85. The van der Waals surface area contributed by atoms with Gasteiger partial charge in [0.05, 0.1) is 5.69 Å². The summed E-state index contributed by atoms with van der Waals surface area (Å²) < 4.78 is 0. The number of nitrogens with zero attached hydrogens (tertiary/aromatic N) is 2. The van der Waals surface area contributed by atoms with Gasteiger partial charge in [0.25, 0.3) is 0 Å². The Labute approximate surface area is 128 Å². The number of pyridine rings is 1. The Morgan fingerprint density at radius 1 is 1.35 bits per heavy atom. The zero-order valence-electron chi connectivity index (χ0n) is 13.5. The molecule has 0 saturated carbocycles. The Bertz CT molecular complexity index is 382. The standard InChI is InChI=1S/C16H29N3S/c1-13(2)11-17-12-15-10-16(6-8-18-15)19(4)14(3)7-9-20-5/h6,8,10,13-14,17H,7,9,11-12H2,1-5H3. The fraction of sp³-hybridized carbons (Fsp3) is 0.688. The number of rotatable bonds is 9. The lowest BCUT2D eigenvalue weighted by molar-refractivity contribution is 0.548. The highest BCUT2D eigenvalue weighted by Gasteiger charge is 2.10. The van der Waals surface area contributed by atoms with Gasteiger partial charge in [0.2, 0.25) is 0 Å². The monoisotopic (exact) mass is 295 g/mol. The zero-order chi connectivity index (χ0) is 15.0. The zero-order valence-corrected chi connectivity index (χ0v) is 14.3. The van der Waals surface area contributed by atoms with Crippen molar-refractivity contribution in [3.05, 3.63) is 24.0 Å². The summed E-state index contributed by atoms with van der Waals surface area (Å²) in [5.74, 6) is 1.88. The molecular weight excluding hydrogens is 266 g/mol. The molecule has 1 N–H and O–H groups in total. The molecule has 1 aromatic rings. The van der Waals surface area contributed by atoms with Crippen molar-refractivity contribution >= 4 is 17.4 Å². The van der Waals surface area contributed by atoms with Crippen molar-refractivity contribution in [1.29, 1.82) is 0 Å². The van der Waals surface area contributed by atoms with Gasteiger partial charge in [0, 0.05) is 31.5 Å². The van der Waals surface area contributed by atoms with E-state index in [1.54, 1.807) is 0 Å². The highest BCUT2D eigenvalue weighted by molar-refractivity contribution is 7.98. The maximum Gasteiger partial charge on any atom is 0.0562 e. The van der Waals surface area contributed by atoms with Crippen molar-refractivity contribution in [3.63, 3.8) is 0 Å². The number of thioether (sulfide) groups is 1. The Morgan fingerprint density at radius 3 is 2.75 bits per heavy atom. The number of hydrogen-bond donors (Lipinski definition) is 1. The lowest BCUT2D eigenvalue weighted by atomic mass is 10.2. The third-order valence-electron chi connectivity index (χ3n) is 3.47. The molecule has 0 fully saturated rings. The van der Waals surface area contributed by atoms with E-state index < -0.39 is 0 Å². The molecule has 1 aromatic heterocycles. The van der Waals surface area contributed by atoms with E-state index >= 15 is 0 Å². The van der Waals surface area contributed by atoms with E-state index in [0.29, 0.717) is 12.0 Å². The van der Waals surface area contributed by atoms with Crippen LogP contribution >= 0.6 is 11.8 Å². The first kappa shape index (κ1) is 17.3. The number of anilines is 1. The van der Waals surface area contributed by atoms with Gasteiger partial charge in [-0.3, -0.25) is 4.98 Å². The first-order chi connectivity index (χ1) is 9.54. The van der Waals surface area contributed by atoms with Crippen molar-refractivity contribution < 1.29 is 0 Å². The molecule has 0 bridgehead atoms. The fourth-order valence-electron chi connectivity index (χ4n) is 2.01. The first-order valence-corrected chi connectivity index (χ1v) is 8.81. The predicted octanol–water partition coefficient (Wildman–Crippen LogP) is 3.41. The highest BCUT2D eigenvalue weighted by Crippen LogP contribution is 2.18. The summed E-state index contributed by atoms with van der Waals surface area (Å²) >= 11 is 1.91. The van der Waals surface area contributed by atoms with Crippen molar-refractivity contribution in [3.8, 4) is 0 Å². The second-order valence-corrected chi connectivity index (χ2v) is 6.76. The average Bonchev–Trinajstić information content (AvgIpc) is 2.44. The molecule has 3 nitrogen and oxygen atoms in total. The van der Waals surface area contributed by atoms with Gasteiger partial charge in [-0.15, -0.1) is 0 Å². The van der Waals surface area contributed by atoms with Crippen molar-refractivity contribution in [2.45, 2.75) is 39.8 Å². The van der Waals surface area contributed by atoms with E-state index in [1.807, 2.05) is 18.0 Å². The molecule has 4 heteroatoms. The maximum absolute atomic E-state index is 4.45. The van der Waals surface area contributed by atoms with Gasteiger partial charge >= 0.3 is 0 Å². The van der Waals surface area contributed by atoms with E-state index in [9.17, 15) is 0 Å². The molecular formula is C16H29N3S. The van der Waals surface area contributed by atoms with E-state index in [-0.39, 0.29) is 0 Å². The van der Waals surface area contributed by atoms with Gasteiger partial charge in [0.15, 0.2) is 0 Å². The van der Waals surface area contributed by atoms with Crippen LogP contribution in [-0.4, -0.2) is 36.6 Å². The third kappa shape index (κ3) is 6.14. The van der Waals surface area contributed by atoms with Crippen molar-refractivity contribution in [1.82, 2.24) is 10.3 Å². The van der Waals surface area contributed by atoms with Crippen LogP contribution in [0.1, 0.15) is 32.9 Å². The van der Waals surface area contributed by atoms with Crippen LogP contribution < -0.4 is 10.2 Å². The largest absolute Gasteiger partial charge is 0.372 e.